The molecule has 0 radical (unpaired) electrons. The molecular weight excluding hydrogens is 226 g/mol. The first-order valence-corrected chi connectivity index (χ1v) is 6.82. The minimum atomic E-state index is 0.212. The summed E-state index contributed by atoms with van der Waals surface area (Å²) in [5, 5.41) is 3.45. The molecule has 1 atom stereocenters. The van der Waals surface area contributed by atoms with Crippen LogP contribution in [0.15, 0.2) is 24.3 Å². The van der Waals surface area contributed by atoms with Crippen LogP contribution in [0.4, 0.5) is 0 Å². The van der Waals surface area contributed by atoms with E-state index >= 15 is 0 Å². The molecule has 1 aliphatic heterocycles. The third kappa shape index (κ3) is 4.00. The number of hydrogen-bond donors (Lipinski definition) is 1. The van der Waals surface area contributed by atoms with Crippen molar-refractivity contribution in [2.24, 2.45) is 0 Å². The monoisotopic (exact) mass is 249 g/mol. The van der Waals surface area contributed by atoms with Gasteiger partial charge in [0, 0.05) is 25.3 Å². The zero-order valence-electron chi connectivity index (χ0n) is 11.3. The Morgan fingerprint density at radius 1 is 1.39 bits per heavy atom. The summed E-state index contributed by atoms with van der Waals surface area (Å²) in [5.74, 6) is 0.979. The number of nitrogens with one attached hydrogen (secondary N) is 1. The molecule has 1 heterocycles. The fourth-order valence-corrected chi connectivity index (χ4v) is 2.19. The number of hydrogen-bond acceptors (Lipinski definition) is 3. The van der Waals surface area contributed by atoms with Gasteiger partial charge in [-0.1, -0.05) is 18.2 Å². The van der Waals surface area contributed by atoms with Gasteiger partial charge in [-0.3, -0.25) is 0 Å². The average Bonchev–Trinajstić information content (AvgIpc) is 2.84. The molecule has 2 rings (SSSR count). The summed E-state index contributed by atoms with van der Waals surface area (Å²) >= 11 is 0. The standard InChI is InChI=1S/C15H23NO2/c1-12(2)18-15-8-4-3-6-13(15)10-16-11-14-7-5-9-17-14/h3-4,6,8,12,14,16H,5,7,9-11H2,1-2H3. The Bertz CT molecular complexity index is 359. The summed E-state index contributed by atoms with van der Waals surface area (Å²) in [4.78, 5) is 0. The molecule has 3 heteroatoms. The van der Waals surface area contributed by atoms with Gasteiger partial charge in [-0.15, -0.1) is 0 Å². The molecule has 100 valence electrons. The molecule has 0 spiro atoms. The van der Waals surface area contributed by atoms with Crippen LogP contribution in [0.3, 0.4) is 0 Å². The van der Waals surface area contributed by atoms with Gasteiger partial charge in [0.25, 0.3) is 0 Å². The maximum atomic E-state index is 5.80. The van der Waals surface area contributed by atoms with Crippen LogP contribution in [0.5, 0.6) is 5.75 Å². The normalized spacial score (nSPS) is 19.4. The van der Waals surface area contributed by atoms with E-state index in [2.05, 4.69) is 31.3 Å². The second kappa shape index (κ2) is 6.76. The lowest BCUT2D eigenvalue weighted by atomic mass is 10.2. The number of ether oxygens (including phenoxy) is 2. The Morgan fingerprint density at radius 2 is 2.22 bits per heavy atom. The quantitative estimate of drug-likeness (QED) is 0.841. The summed E-state index contributed by atoms with van der Waals surface area (Å²) in [5.41, 5.74) is 1.21. The fraction of sp³-hybridized carbons (Fsp3) is 0.600. The molecule has 0 aliphatic carbocycles. The molecule has 1 aromatic rings. The van der Waals surface area contributed by atoms with Crippen LogP contribution < -0.4 is 10.1 Å². The molecule has 1 unspecified atom stereocenters. The van der Waals surface area contributed by atoms with Crippen LogP contribution in [0.25, 0.3) is 0 Å². The smallest absolute Gasteiger partial charge is 0.124 e. The van der Waals surface area contributed by atoms with Crippen LogP contribution >= 0.6 is 0 Å². The van der Waals surface area contributed by atoms with Crippen molar-refractivity contribution in [2.45, 2.75) is 45.4 Å². The first-order chi connectivity index (χ1) is 8.75. The first-order valence-electron chi connectivity index (χ1n) is 6.82. The molecule has 1 aromatic carbocycles. The third-order valence-electron chi connectivity index (χ3n) is 3.05. The second-order valence-electron chi connectivity index (χ2n) is 5.04. The van der Waals surface area contributed by atoms with Crippen LogP contribution in [0.2, 0.25) is 0 Å². The van der Waals surface area contributed by atoms with Gasteiger partial charge in [0.05, 0.1) is 12.2 Å². The van der Waals surface area contributed by atoms with Crippen LogP contribution in [0.1, 0.15) is 32.3 Å². The van der Waals surface area contributed by atoms with Gasteiger partial charge in [-0.2, -0.15) is 0 Å². The van der Waals surface area contributed by atoms with E-state index in [0.717, 1.165) is 25.4 Å². The predicted octanol–water partition coefficient (Wildman–Crippen LogP) is 2.74. The molecule has 1 N–H and O–H groups in total. The molecule has 3 nitrogen and oxygen atoms in total. The summed E-state index contributed by atoms with van der Waals surface area (Å²) in [6.07, 6.45) is 2.98. The maximum absolute atomic E-state index is 5.80. The molecule has 1 saturated heterocycles. The van der Waals surface area contributed by atoms with Gasteiger partial charge in [0.1, 0.15) is 5.75 Å². The van der Waals surface area contributed by atoms with Crippen molar-refractivity contribution in [3.05, 3.63) is 29.8 Å². The zero-order valence-corrected chi connectivity index (χ0v) is 11.3. The highest BCUT2D eigenvalue weighted by Crippen LogP contribution is 2.19. The van der Waals surface area contributed by atoms with E-state index in [1.54, 1.807) is 0 Å². The number of benzene rings is 1. The molecule has 0 saturated carbocycles. The summed E-state index contributed by atoms with van der Waals surface area (Å²) in [7, 11) is 0. The molecule has 1 aliphatic rings. The van der Waals surface area contributed by atoms with Crippen LogP contribution in [-0.4, -0.2) is 25.4 Å². The van der Waals surface area contributed by atoms with E-state index < -0.39 is 0 Å². The fourth-order valence-electron chi connectivity index (χ4n) is 2.19. The lowest BCUT2D eigenvalue weighted by Crippen LogP contribution is -2.26. The van der Waals surface area contributed by atoms with Gasteiger partial charge in [0.2, 0.25) is 0 Å². The van der Waals surface area contributed by atoms with Crippen LogP contribution in [-0.2, 0) is 11.3 Å². The highest BCUT2D eigenvalue weighted by atomic mass is 16.5. The molecule has 0 aromatic heterocycles. The predicted molar refractivity (Wildman–Crippen MR) is 72.9 cm³/mol. The van der Waals surface area contributed by atoms with Gasteiger partial charge in [0.15, 0.2) is 0 Å². The lowest BCUT2D eigenvalue weighted by Gasteiger charge is -2.15. The Kier molecular flexibility index (Phi) is 5.02. The molecule has 0 bridgehead atoms. The highest BCUT2D eigenvalue weighted by Gasteiger charge is 2.14. The van der Waals surface area contributed by atoms with Gasteiger partial charge >= 0.3 is 0 Å². The molecule has 0 amide bonds. The average molecular weight is 249 g/mol. The highest BCUT2D eigenvalue weighted by molar-refractivity contribution is 5.33. The Hall–Kier alpha value is -1.06. The van der Waals surface area contributed by atoms with E-state index in [1.165, 1.54) is 18.4 Å². The van der Waals surface area contributed by atoms with E-state index in [9.17, 15) is 0 Å². The van der Waals surface area contributed by atoms with Crippen molar-refractivity contribution >= 4 is 0 Å². The first kappa shape index (κ1) is 13.4. The Labute approximate surface area is 109 Å². The van der Waals surface area contributed by atoms with Crippen molar-refractivity contribution in [3.8, 4) is 5.75 Å². The van der Waals surface area contributed by atoms with Crippen molar-refractivity contribution in [3.63, 3.8) is 0 Å². The number of rotatable bonds is 6. The van der Waals surface area contributed by atoms with Crippen molar-refractivity contribution in [1.29, 1.82) is 0 Å². The Morgan fingerprint density at radius 3 is 2.94 bits per heavy atom. The van der Waals surface area contributed by atoms with Crippen molar-refractivity contribution in [2.75, 3.05) is 13.2 Å². The van der Waals surface area contributed by atoms with E-state index in [0.29, 0.717) is 6.10 Å². The van der Waals surface area contributed by atoms with Crippen LogP contribution in [0, 0.1) is 0 Å². The van der Waals surface area contributed by atoms with Gasteiger partial charge in [-0.05, 0) is 32.8 Å². The van der Waals surface area contributed by atoms with E-state index in [4.69, 9.17) is 9.47 Å². The maximum Gasteiger partial charge on any atom is 0.124 e. The summed E-state index contributed by atoms with van der Waals surface area (Å²) < 4.78 is 11.4. The van der Waals surface area contributed by atoms with Crippen molar-refractivity contribution < 1.29 is 9.47 Å². The van der Waals surface area contributed by atoms with E-state index in [1.807, 2.05) is 12.1 Å². The number of para-hydroxylation sites is 1. The van der Waals surface area contributed by atoms with Gasteiger partial charge in [-0.25, -0.2) is 0 Å². The summed E-state index contributed by atoms with van der Waals surface area (Å²) in [6, 6.07) is 8.21. The molecular formula is C15H23NO2. The largest absolute Gasteiger partial charge is 0.491 e. The minimum absolute atomic E-state index is 0.212. The lowest BCUT2D eigenvalue weighted by molar-refractivity contribution is 0.110. The van der Waals surface area contributed by atoms with Crippen molar-refractivity contribution in [1.82, 2.24) is 5.32 Å². The van der Waals surface area contributed by atoms with Gasteiger partial charge < -0.3 is 14.8 Å². The SMILES string of the molecule is CC(C)Oc1ccccc1CNCC1CCCO1. The van der Waals surface area contributed by atoms with E-state index in [-0.39, 0.29) is 6.10 Å². The minimum Gasteiger partial charge on any atom is -0.491 e. The summed E-state index contributed by atoms with van der Waals surface area (Å²) in [6.45, 7) is 6.78. The third-order valence-corrected chi connectivity index (χ3v) is 3.05. The topological polar surface area (TPSA) is 30.5 Å². The molecule has 1 fully saturated rings. The zero-order chi connectivity index (χ0) is 12.8. The second-order valence-corrected chi connectivity index (χ2v) is 5.04. The molecule has 18 heavy (non-hydrogen) atoms. The Balaban J connectivity index is 1.83.